The highest BCUT2D eigenvalue weighted by molar-refractivity contribution is 6.32. The molecule has 4 rings (SSSR count). The lowest BCUT2D eigenvalue weighted by Crippen LogP contribution is -2.21. The van der Waals surface area contributed by atoms with Crippen LogP contribution in [0.25, 0.3) is 0 Å². The molecule has 7 nitrogen and oxygen atoms in total. The van der Waals surface area contributed by atoms with Crippen LogP contribution < -0.4 is 19.9 Å². The van der Waals surface area contributed by atoms with E-state index in [4.69, 9.17) is 36.0 Å². The summed E-state index contributed by atoms with van der Waals surface area (Å²) in [4.78, 5) is 12.3. The molecule has 0 saturated heterocycles. The first kappa shape index (κ1) is 22.3. The van der Waals surface area contributed by atoms with E-state index in [1.165, 1.54) is 0 Å². The van der Waals surface area contributed by atoms with Crippen molar-refractivity contribution in [1.29, 1.82) is 5.26 Å². The Morgan fingerprint density at radius 3 is 2.48 bits per heavy atom. The summed E-state index contributed by atoms with van der Waals surface area (Å²) < 4.78 is 22.3. The average molecular weight is 465 g/mol. The molecule has 1 aromatic heterocycles. The largest absolute Gasteiger partial charge is 0.482 e. The number of halogens is 1. The van der Waals surface area contributed by atoms with Crippen molar-refractivity contribution < 1.29 is 23.4 Å². The first-order valence-corrected chi connectivity index (χ1v) is 10.5. The van der Waals surface area contributed by atoms with Crippen molar-refractivity contribution in [2.45, 2.75) is 26.7 Å². The minimum Gasteiger partial charge on any atom is -0.482 e. The Morgan fingerprint density at radius 2 is 1.85 bits per heavy atom. The first-order chi connectivity index (χ1) is 15.8. The monoisotopic (exact) mass is 464 g/mol. The summed E-state index contributed by atoms with van der Waals surface area (Å²) in [6.45, 7) is 5.26. The van der Waals surface area contributed by atoms with Crippen molar-refractivity contribution in [1.82, 2.24) is 0 Å². The van der Waals surface area contributed by atoms with Gasteiger partial charge in [-0.1, -0.05) is 17.7 Å². The van der Waals surface area contributed by atoms with Crippen LogP contribution in [0.1, 0.15) is 34.1 Å². The zero-order chi connectivity index (χ0) is 23.7. The number of esters is 1. The van der Waals surface area contributed by atoms with E-state index in [1.54, 1.807) is 36.4 Å². The number of carbonyl (C=O) groups excluding carboxylic acids is 1. The van der Waals surface area contributed by atoms with Crippen molar-refractivity contribution >= 4 is 17.6 Å². The Labute approximate surface area is 195 Å². The van der Waals surface area contributed by atoms with E-state index in [9.17, 15) is 10.1 Å². The Hall–Kier alpha value is -3.89. The molecule has 2 aromatic carbocycles. The predicted molar refractivity (Wildman–Crippen MR) is 121 cm³/mol. The van der Waals surface area contributed by atoms with Gasteiger partial charge in [-0.3, -0.25) is 0 Å². The molecule has 1 aliphatic rings. The van der Waals surface area contributed by atoms with Crippen LogP contribution in [0, 0.1) is 32.1 Å². The highest BCUT2D eigenvalue weighted by atomic mass is 35.5. The van der Waals surface area contributed by atoms with Crippen LogP contribution in [-0.4, -0.2) is 12.6 Å². The molecular formula is C25H21ClN2O5. The Balaban J connectivity index is 1.51. The van der Waals surface area contributed by atoms with E-state index in [1.807, 2.05) is 26.8 Å². The van der Waals surface area contributed by atoms with Gasteiger partial charge in [0.15, 0.2) is 6.61 Å². The highest BCUT2D eigenvalue weighted by Crippen LogP contribution is 2.43. The zero-order valence-electron chi connectivity index (χ0n) is 18.3. The maximum atomic E-state index is 12.3. The number of hydrogen-bond acceptors (Lipinski definition) is 7. The molecule has 168 valence electrons. The van der Waals surface area contributed by atoms with Crippen LogP contribution in [0.3, 0.4) is 0 Å². The molecule has 1 aliphatic heterocycles. The Kier molecular flexibility index (Phi) is 6.03. The van der Waals surface area contributed by atoms with Crippen LogP contribution in [0.2, 0.25) is 5.02 Å². The third-order valence-electron chi connectivity index (χ3n) is 5.23. The number of nitriles is 1. The zero-order valence-corrected chi connectivity index (χ0v) is 19.0. The minimum atomic E-state index is -0.588. The fourth-order valence-corrected chi connectivity index (χ4v) is 3.80. The van der Waals surface area contributed by atoms with Gasteiger partial charge < -0.3 is 24.4 Å². The summed E-state index contributed by atoms with van der Waals surface area (Å²) in [5, 5.41) is 10.3. The van der Waals surface area contributed by atoms with Crippen LogP contribution in [0.5, 0.6) is 17.2 Å². The molecule has 1 atom stereocenters. The van der Waals surface area contributed by atoms with Gasteiger partial charge in [0.1, 0.15) is 40.4 Å². The van der Waals surface area contributed by atoms with Crippen molar-refractivity contribution in [3.63, 3.8) is 0 Å². The van der Waals surface area contributed by atoms with E-state index < -0.39 is 11.9 Å². The quantitative estimate of drug-likeness (QED) is 0.415. The number of carbonyl (C=O) groups is 1. The van der Waals surface area contributed by atoms with Gasteiger partial charge in [-0.05, 0) is 62.2 Å². The number of benzene rings is 2. The second-order valence-corrected chi connectivity index (χ2v) is 8.08. The molecular weight excluding hydrogens is 444 g/mol. The van der Waals surface area contributed by atoms with Gasteiger partial charge in [0.2, 0.25) is 5.88 Å². The summed E-state index contributed by atoms with van der Waals surface area (Å²) in [5.41, 5.74) is 8.64. The number of nitrogens with zero attached hydrogens (tertiary/aromatic N) is 1. The van der Waals surface area contributed by atoms with E-state index in [0.29, 0.717) is 33.6 Å². The van der Waals surface area contributed by atoms with Crippen molar-refractivity contribution in [2.24, 2.45) is 5.73 Å². The van der Waals surface area contributed by atoms with Crippen molar-refractivity contribution in [2.75, 3.05) is 6.61 Å². The normalized spacial score (nSPS) is 14.8. The number of nitrogens with two attached hydrogens (primary N) is 1. The minimum absolute atomic E-state index is 0.0238. The molecule has 0 fully saturated rings. The maximum Gasteiger partial charge on any atom is 0.349 e. The van der Waals surface area contributed by atoms with Gasteiger partial charge in [0.05, 0.1) is 5.92 Å². The Bertz CT molecular complexity index is 1300. The van der Waals surface area contributed by atoms with Crippen LogP contribution in [0.15, 0.2) is 58.3 Å². The van der Waals surface area contributed by atoms with Gasteiger partial charge in [-0.2, -0.15) is 5.26 Å². The Morgan fingerprint density at radius 1 is 1.12 bits per heavy atom. The summed E-state index contributed by atoms with van der Waals surface area (Å²) in [6, 6.07) is 14.1. The number of hydrogen-bond donors (Lipinski definition) is 1. The average Bonchev–Trinajstić information content (AvgIpc) is 3.20. The summed E-state index contributed by atoms with van der Waals surface area (Å²) in [6.07, 6.45) is 0. The number of allylic oxidation sites excluding steroid dienone is 1. The highest BCUT2D eigenvalue weighted by Gasteiger charge is 2.33. The number of ether oxygens (including phenoxy) is 3. The van der Waals surface area contributed by atoms with Gasteiger partial charge in [0.25, 0.3) is 0 Å². The fourth-order valence-electron chi connectivity index (χ4n) is 3.69. The maximum absolute atomic E-state index is 12.3. The summed E-state index contributed by atoms with van der Waals surface area (Å²) in [7, 11) is 0. The first-order valence-electron chi connectivity index (χ1n) is 10.1. The third-order valence-corrected chi connectivity index (χ3v) is 5.83. The standard InChI is InChI=1S/C25H21ClN2O5/c1-13-8-17(9-14(2)24(13)26)30-12-22(29)32-16-5-6-18-21(10-16)33-25(28)19(11-27)23(18)20-7-4-15(3)31-20/h4-10,23H,12,28H2,1-3H3. The molecule has 0 saturated carbocycles. The molecule has 8 heteroatoms. The van der Waals surface area contributed by atoms with E-state index >= 15 is 0 Å². The molecule has 0 spiro atoms. The second-order valence-electron chi connectivity index (χ2n) is 7.71. The molecule has 2 N–H and O–H groups in total. The van der Waals surface area contributed by atoms with E-state index in [2.05, 4.69) is 6.07 Å². The molecule has 0 amide bonds. The van der Waals surface area contributed by atoms with Crippen molar-refractivity contribution in [3.8, 4) is 23.3 Å². The molecule has 0 bridgehead atoms. The SMILES string of the molecule is Cc1ccc(C2C(C#N)=C(N)Oc3cc(OC(=O)COc4cc(C)c(Cl)c(C)c4)ccc32)o1. The summed E-state index contributed by atoms with van der Waals surface area (Å²) >= 11 is 6.16. The van der Waals surface area contributed by atoms with Gasteiger partial charge in [-0.25, -0.2) is 4.79 Å². The predicted octanol–water partition coefficient (Wildman–Crippen LogP) is 5.06. The van der Waals surface area contributed by atoms with Crippen LogP contribution in [-0.2, 0) is 4.79 Å². The number of rotatable bonds is 5. The number of fused-ring (bicyclic) bond motifs is 1. The van der Waals surface area contributed by atoms with E-state index in [-0.39, 0.29) is 23.8 Å². The molecule has 0 aliphatic carbocycles. The molecule has 3 aromatic rings. The lowest BCUT2D eigenvalue weighted by Gasteiger charge is -2.25. The second kappa shape index (κ2) is 8.93. The number of furan rings is 1. The van der Waals surface area contributed by atoms with Gasteiger partial charge in [0, 0.05) is 16.7 Å². The number of aryl methyl sites for hydroxylation is 3. The topological polar surface area (TPSA) is 108 Å². The molecule has 2 heterocycles. The van der Waals surface area contributed by atoms with Crippen LogP contribution >= 0.6 is 11.6 Å². The lowest BCUT2D eigenvalue weighted by atomic mass is 9.87. The molecule has 33 heavy (non-hydrogen) atoms. The van der Waals surface area contributed by atoms with Gasteiger partial charge in [-0.15, -0.1) is 0 Å². The lowest BCUT2D eigenvalue weighted by molar-refractivity contribution is -0.136. The van der Waals surface area contributed by atoms with Crippen molar-refractivity contribution in [3.05, 3.63) is 87.2 Å². The third kappa shape index (κ3) is 4.52. The smallest absolute Gasteiger partial charge is 0.349 e. The van der Waals surface area contributed by atoms with Crippen LogP contribution in [0.4, 0.5) is 0 Å². The van der Waals surface area contributed by atoms with E-state index in [0.717, 1.165) is 11.1 Å². The van der Waals surface area contributed by atoms with Gasteiger partial charge >= 0.3 is 5.97 Å². The summed E-state index contributed by atoms with van der Waals surface area (Å²) in [5.74, 6) is 1.32. The molecule has 0 radical (unpaired) electrons. The molecule has 1 unspecified atom stereocenters. The fraction of sp³-hybridized carbons (Fsp3) is 0.200.